The zero-order valence-electron chi connectivity index (χ0n) is 74.0. The summed E-state index contributed by atoms with van der Waals surface area (Å²) >= 11 is 0. The van der Waals surface area contributed by atoms with Gasteiger partial charge in [-0.25, -0.2) is 63.2 Å². The molecule has 2 aromatic heterocycles. The van der Waals surface area contributed by atoms with Crippen molar-refractivity contribution in [3.05, 3.63) is 309 Å². The van der Waals surface area contributed by atoms with E-state index in [0.717, 1.165) is 89.2 Å². The second kappa shape index (κ2) is 56.5. The standard InChI is InChI=1S/C16H24N2.C15H19N3.C15H21N2.C14H16N3.C13H16NO2.C11H12N2O.2C7H8O3S.6BrH/c1-18(11-4-5-12-18)13-10-17-9-8-15-6-2-3-7-16(15)14-17;1-16-8-9-18(13-16)11-10-17-7-6-14-4-2-3-5-15(14)12-17;1-2-6-15-13-17(10-7-14(15)5-1)12-11-16-8-3-4-9-16;1-2-4-14-11-16(7-5-13(14)3-1)9-10-17-8-6-15-12-17;1-2-16-13(15)10-14-8-7-11-5-3-4-6-12(11)9-14;12-11(14)8-13-6-5-9-3-1-2-4-10(9)7-13;2*1-6-2-4-7(5-3-6)11(8,9)10;;;;;;/h2-3,6-7,14H,4-5,8-13H2,1H3;2-5,8-9,12-13H,6-7,10-11H2,1H3;1-2,5-6,13H,3-4,7-12H2;1-4,6,8,11-12H,5,7,9-10H2;3-6,9H,2,7-8,10H2,1H3;1-4,7H,5-6,8H2,(H-,12,14);2*2-5H,1H3,(H,8,9,10);6*1H/q2*+2;3*+1;;;;;;;;;/p-7. The predicted octanol–water partition coefficient (Wildman–Crippen LogP) is -8.53. The normalized spacial score (nSPS) is 14.9. The Hall–Kier alpha value is -8.24. The van der Waals surface area contributed by atoms with Gasteiger partial charge in [0.15, 0.2) is 63.5 Å². The summed E-state index contributed by atoms with van der Waals surface area (Å²) < 4.78 is 88.8. The molecule has 8 aliphatic heterocycles. The quantitative estimate of drug-likeness (QED) is 0.0346. The highest BCUT2D eigenvalue weighted by molar-refractivity contribution is 7.86. The van der Waals surface area contributed by atoms with Crippen molar-refractivity contribution in [2.24, 2.45) is 12.8 Å². The number of rotatable bonds is 19. The van der Waals surface area contributed by atoms with E-state index in [4.69, 9.17) is 10.5 Å². The van der Waals surface area contributed by atoms with Gasteiger partial charge in [0.25, 0.3) is 5.91 Å². The summed E-state index contributed by atoms with van der Waals surface area (Å²) in [6.07, 6.45) is 37.7. The predicted molar refractivity (Wildman–Crippen MR) is 479 cm³/mol. The van der Waals surface area contributed by atoms with Crippen molar-refractivity contribution in [2.75, 3.05) is 131 Å². The van der Waals surface area contributed by atoms with Crippen LogP contribution in [0.1, 0.15) is 110 Å². The lowest BCUT2D eigenvalue weighted by atomic mass is 10.0. The zero-order valence-corrected chi connectivity index (χ0v) is 85.2. The molecule has 18 rings (SSSR count). The molecule has 8 aliphatic rings. The van der Waals surface area contributed by atoms with Crippen LogP contribution in [0.25, 0.3) is 0 Å². The number of hydrogen-bond acceptors (Lipinski definition) is 11. The van der Waals surface area contributed by atoms with E-state index in [9.17, 15) is 35.5 Å². The summed E-state index contributed by atoms with van der Waals surface area (Å²) in [4.78, 5) is 28.4. The minimum Gasteiger partial charge on any atom is -1.00 e. The number of aromatic nitrogens is 4. The molecule has 0 radical (unpaired) electrons. The highest BCUT2D eigenvalue weighted by atomic mass is 79.9. The maximum atomic E-state index is 11.3. The maximum Gasteiger partial charge on any atom is 0.372 e. The molecule has 2 saturated heterocycles. The summed E-state index contributed by atoms with van der Waals surface area (Å²) in [5.74, 6) is -0.432. The van der Waals surface area contributed by atoms with Crippen molar-refractivity contribution >= 4 is 69.4 Å². The summed E-state index contributed by atoms with van der Waals surface area (Å²) in [5.41, 5.74) is 23.6. The first-order valence-electron chi connectivity index (χ1n) is 43.0. The van der Waals surface area contributed by atoms with Crippen LogP contribution < -0.4 is 112 Å². The number of fused-ring (bicyclic) bond motifs is 6. The van der Waals surface area contributed by atoms with E-state index in [1.165, 1.54) is 199 Å². The third-order valence-corrected chi connectivity index (χ3v) is 24.7. The Balaban J connectivity index is 0.000000259. The molecule has 0 aliphatic carbocycles. The molecule has 2 fully saturated rings. The highest BCUT2D eigenvalue weighted by Gasteiger charge is 2.30. The van der Waals surface area contributed by atoms with Crippen LogP contribution in [0.2, 0.25) is 0 Å². The van der Waals surface area contributed by atoms with Crippen molar-refractivity contribution in [3.63, 3.8) is 0 Å². The number of carbonyl (C=O) groups is 2. The molecule has 22 nitrogen and oxygen atoms in total. The summed E-state index contributed by atoms with van der Waals surface area (Å²) in [7, 11) is -4.06. The molecule has 1 amide bonds. The fraction of sp³-hybridized carbons (Fsp3) is 0.367. The monoisotopic (exact) mass is 2160 g/mol. The molecule has 30 heteroatoms. The molecule has 0 atom stereocenters. The second-order valence-corrected chi connectivity index (χ2v) is 35.3. The van der Waals surface area contributed by atoms with Crippen molar-refractivity contribution in [1.29, 1.82) is 0 Å². The summed E-state index contributed by atoms with van der Waals surface area (Å²) in [5, 5.41) is 0. The molecule has 0 unspecified atom stereocenters. The van der Waals surface area contributed by atoms with E-state index in [0.29, 0.717) is 19.7 Å². The van der Waals surface area contributed by atoms with E-state index in [1.54, 1.807) is 24.3 Å². The fourth-order valence-corrected chi connectivity index (χ4v) is 16.9. The number of quaternary nitrogens is 1. The first-order chi connectivity index (χ1) is 58.9. The van der Waals surface area contributed by atoms with Gasteiger partial charge < -0.3 is 131 Å². The number of nitrogens with two attached hydrogens (primary N) is 1. The van der Waals surface area contributed by atoms with Crippen molar-refractivity contribution in [1.82, 2.24) is 19.0 Å². The van der Waals surface area contributed by atoms with Gasteiger partial charge in [-0.3, -0.25) is 9.69 Å². The number of esters is 1. The molecular weight excluding hydrogens is 2050 g/mol. The van der Waals surface area contributed by atoms with E-state index < -0.39 is 20.2 Å². The highest BCUT2D eigenvalue weighted by Crippen LogP contribution is 2.20. The van der Waals surface area contributed by atoms with Gasteiger partial charge in [-0.15, -0.1) is 0 Å². The zero-order chi connectivity index (χ0) is 86.1. The van der Waals surface area contributed by atoms with Crippen LogP contribution in [-0.4, -0.2) is 258 Å². The van der Waals surface area contributed by atoms with Gasteiger partial charge in [-0.1, -0.05) is 145 Å². The largest absolute Gasteiger partial charge is 1.00 e. The van der Waals surface area contributed by atoms with Crippen LogP contribution >= 0.6 is 0 Å². The topological polar surface area (TPSA) is 232 Å². The Morgan fingerprint density at radius 1 is 0.438 bits per heavy atom. The lowest BCUT2D eigenvalue weighted by Gasteiger charge is -2.28. The molecule has 10 aromatic rings. The van der Waals surface area contributed by atoms with Crippen molar-refractivity contribution in [3.8, 4) is 0 Å². The Kier molecular flexibility index (Phi) is 48.7. The fourth-order valence-electron chi connectivity index (χ4n) is 15.9. The van der Waals surface area contributed by atoms with Crippen LogP contribution in [0.4, 0.5) is 0 Å². The molecule has 0 bridgehead atoms. The first kappa shape index (κ1) is 110. The number of imidazole rings is 2. The number of likely N-dealkylation sites (N-methyl/N-ethyl adjacent to an activating group) is 1. The number of nitrogens with zero attached hydrogens (tertiary/aromatic N) is 12. The number of carbonyl (C=O) groups excluding carboxylic acids is 2. The van der Waals surface area contributed by atoms with Crippen LogP contribution in [-0.2, 0) is 93.2 Å². The van der Waals surface area contributed by atoms with Crippen LogP contribution in [0.5, 0.6) is 0 Å². The van der Waals surface area contributed by atoms with Gasteiger partial charge >= 0.3 is 5.97 Å². The van der Waals surface area contributed by atoms with Gasteiger partial charge in [0, 0.05) is 97.1 Å². The third kappa shape index (κ3) is 37.2. The SMILES string of the molecule is C1=[N+](CCN2CCCC2)CCc2ccccc21.C1=[N+](CCn2ccnc2)CCc2ccccc21.CCOC(=O)C[N+]1=Cc2ccccc2CC1.C[N+]1(CC[N+]2=Cc3ccccc3CC2)CCCC1.C[n+]1ccn(CC[N+]2=Cc3ccccc3CC2)c1.Cc1ccc(S(=O)(=O)[O-])cc1.Cc1ccc(S(=O)(=O)[O-])cc1.NC(=O)C[N+]1=Cc2ccccc2CC1.[Br-].[Br-].[Br-].[Br-].[Br-].[Br-]. The molecule has 8 aromatic carbocycles. The Morgan fingerprint density at radius 3 is 1.09 bits per heavy atom. The molecule has 0 spiro atoms. The van der Waals surface area contributed by atoms with Crippen molar-refractivity contribution < 1.29 is 179 Å². The number of benzene rings is 8. The number of halogens is 6. The minimum atomic E-state index is -4.27. The Labute approximate surface area is 821 Å². The smallest absolute Gasteiger partial charge is 0.372 e. The average Bonchev–Trinajstić information content (AvgIpc) is 1.73. The first-order valence-corrected chi connectivity index (χ1v) is 45.8. The van der Waals surface area contributed by atoms with E-state index in [-0.39, 0.29) is 124 Å². The van der Waals surface area contributed by atoms with Gasteiger partial charge in [-0.2, -0.15) is 0 Å². The van der Waals surface area contributed by atoms with Gasteiger partial charge in [-0.05, 0) is 141 Å². The summed E-state index contributed by atoms with van der Waals surface area (Å²) in [6, 6.07) is 63.0. The Morgan fingerprint density at radius 2 is 0.766 bits per heavy atom. The van der Waals surface area contributed by atoms with Crippen LogP contribution in [0, 0.1) is 13.8 Å². The lowest BCUT2D eigenvalue weighted by Crippen LogP contribution is -3.00. The summed E-state index contributed by atoms with van der Waals surface area (Å²) in [6.45, 7) is 27.4. The second-order valence-electron chi connectivity index (χ2n) is 32.5. The Bertz CT molecular complexity index is 5490. The average molecular weight is 2170 g/mol. The van der Waals surface area contributed by atoms with Crippen LogP contribution in [0.15, 0.2) is 241 Å². The number of ether oxygens (including phenoxy) is 1. The number of hydrogen-bond donors (Lipinski definition) is 1. The molecular formula is C98H123Br6N13O9S2. The number of amides is 1. The van der Waals surface area contributed by atoms with Gasteiger partial charge in [0.2, 0.25) is 19.4 Å². The van der Waals surface area contributed by atoms with Crippen molar-refractivity contribution in [2.45, 2.75) is 108 Å². The van der Waals surface area contributed by atoms with E-state index >= 15 is 0 Å². The maximum absolute atomic E-state index is 11.3. The third-order valence-electron chi connectivity index (χ3n) is 23.0. The van der Waals surface area contributed by atoms with Gasteiger partial charge in [0.05, 0.1) is 63.0 Å². The number of likely N-dealkylation sites (tertiary alicyclic amines) is 2. The number of aryl methyl sites for hydroxylation is 3. The lowest BCUT2D eigenvalue weighted by molar-refractivity contribution is -0.904. The molecule has 128 heavy (non-hydrogen) atoms. The number of primary amides is 1. The van der Waals surface area contributed by atoms with E-state index in [1.807, 2.05) is 85.3 Å². The molecule has 2 N–H and O–H groups in total. The molecule has 0 saturated carbocycles. The van der Waals surface area contributed by atoms with E-state index in [2.05, 4.69) is 221 Å². The van der Waals surface area contributed by atoms with Gasteiger partial charge in [0.1, 0.15) is 85.0 Å². The molecule has 10 heterocycles. The van der Waals surface area contributed by atoms with Crippen LogP contribution in [0.3, 0.4) is 0 Å². The molecule has 688 valence electrons. The minimum absolute atomic E-state index is 0.